The fraction of sp³-hybridized carbons (Fsp3) is 0.143. The fourth-order valence-corrected chi connectivity index (χ4v) is 4.60. The smallest absolute Gasteiger partial charge is 0.0152 e. The predicted octanol–water partition coefficient (Wildman–Crippen LogP) is 7.25. The maximum Gasteiger partial charge on any atom is 0.0152 e. The van der Waals surface area contributed by atoms with E-state index < -0.39 is 0 Å². The second-order valence-electron chi connectivity index (χ2n) is 8.28. The van der Waals surface area contributed by atoms with Gasteiger partial charge in [-0.1, -0.05) is 98.8 Å². The molecule has 0 atom stereocenters. The lowest BCUT2D eigenvalue weighted by molar-refractivity contribution is 0.611. The molecule has 0 heterocycles. The van der Waals surface area contributed by atoms with Gasteiger partial charge in [0.1, 0.15) is 0 Å². The summed E-state index contributed by atoms with van der Waals surface area (Å²) in [5.74, 6) is 0. The standard InChI is InChI=1S/C28H24/c1-28(2)26-18-22(20-9-5-3-6-10-20)13-15-24(26)17-25-16-14-23(19-27(25)28)21-11-7-4-8-12-21/h3-16,18-19H,17H2,1-2H3. The number of hydrogen-bond donors (Lipinski definition) is 0. The molecule has 0 N–H and O–H groups in total. The molecule has 0 bridgehead atoms. The Labute approximate surface area is 167 Å². The lowest BCUT2D eigenvalue weighted by Crippen LogP contribution is -2.27. The van der Waals surface area contributed by atoms with Gasteiger partial charge in [-0.3, -0.25) is 0 Å². The molecule has 0 amide bonds. The van der Waals surface area contributed by atoms with Gasteiger partial charge >= 0.3 is 0 Å². The molecule has 0 aromatic heterocycles. The van der Waals surface area contributed by atoms with Gasteiger partial charge < -0.3 is 0 Å². The monoisotopic (exact) mass is 360 g/mol. The van der Waals surface area contributed by atoms with Crippen LogP contribution in [0.5, 0.6) is 0 Å². The van der Waals surface area contributed by atoms with E-state index >= 15 is 0 Å². The van der Waals surface area contributed by atoms with Crippen LogP contribution >= 0.6 is 0 Å². The summed E-state index contributed by atoms with van der Waals surface area (Å²) in [6.07, 6.45) is 1.01. The summed E-state index contributed by atoms with van der Waals surface area (Å²) >= 11 is 0. The molecule has 136 valence electrons. The topological polar surface area (TPSA) is 0 Å². The summed E-state index contributed by atoms with van der Waals surface area (Å²) in [4.78, 5) is 0. The second kappa shape index (κ2) is 6.49. The van der Waals surface area contributed by atoms with Gasteiger partial charge in [-0.25, -0.2) is 0 Å². The van der Waals surface area contributed by atoms with E-state index in [2.05, 4.69) is 111 Å². The molecule has 0 nitrogen and oxygen atoms in total. The van der Waals surface area contributed by atoms with Crippen molar-refractivity contribution < 1.29 is 0 Å². The Balaban J connectivity index is 1.63. The molecule has 1 aliphatic rings. The molecule has 28 heavy (non-hydrogen) atoms. The summed E-state index contributed by atoms with van der Waals surface area (Å²) < 4.78 is 0. The third-order valence-corrected chi connectivity index (χ3v) is 6.16. The summed E-state index contributed by atoms with van der Waals surface area (Å²) in [7, 11) is 0. The Morgan fingerprint density at radius 1 is 0.500 bits per heavy atom. The van der Waals surface area contributed by atoms with Gasteiger partial charge in [0, 0.05) is 5.41 Å². The van der Waals surface area contributed by atoms with E-state index in [4.69, 9.17) is 0 Å². The van der Waals surface area contributed by atoms with Crippen LogP contribution in [0.3, 0.4) is 0 Å². The molecular weight excluding hydrogens is 336 g/mol. The highest BCUT2D eigenvalue weighted by Gasteiger charge is 2.32. The third kappa shape index (κ3) is 2.77. The first-order valence-electron chi connectivity index (χ1n) is 10.0. The molecular formula is C28H24. The van der Waals surface area contributed by atoms with Crippen molar-refractivity contribution in [2.75, 3.05) is 0 Å². The zero-order valence-corrected chi connectivity index (χ0v) is 16.4. The molecule has 4 aromatic carbocycles. The predicted molar refractivity (Wildman–Crippen MR) is 119 cm³/mol. The van der Waals surface area contributed by atoms with Gasteiger partial charge in [0.2, 0.25) is 0 Å². The molecule has 0 aliphatic heterocycles. The van der Waals surface area contributed by atoms with Gasteiger partial charge in [0.15, 0.2) is 0 Å². The van der Waals surface area contributed by atoms with Crippen LogP contribution in [0.25, 0.3) is 22.3 Å². The maximum atomic E-state index is 2.41. The van der Waals surface area contributed by atoms with Gasteiger partial charge in [0.25, 0.3) is 0 Å². The molecule has 1 aliphatic carbocycles. The van der Waals surface area contributed by atoms with E-state index in [1.165, 1.54) is 44.5 Å². The van der Waals surface area contributed by atoms with E-state index in [1.807, 2.05) is 0 Å². The first-order valence-corrected chi connectivity index (χ1v) is 10.0. The number of rotatable bonds is 2. The highest BCUT2D eigenvalue weighted by molar-refractivity contribution is 5.70. The Kier molecular flexibility index (Phi) is 3.94. The van der Waals surface area contributed by atoms with Crippen molar-refractivity contribution in [3.05, 3.63) is 119 Å². The zero-order chi connectivity index (χ0) is 19.1. The van der Waals surface area contributed by atoms with Crippen molar-refractivity contribution in [3.63, 3.8) is 0 Å². The van der Waals surface area contributed by atoms with Crippen molar-refractivity contribution in [2.45, 2.75) is 25.7 Å². The molecule has 0 heteroatoms. The minimum atomic E-state index is -0.0154. The van der Waals surface area contributed by atoms with Crippen LogP contribution in [0.4, 0.5) is 0 Å². The minimum Gasteiger partial charge on any atom is -0.0622 e. The van der Waals surface area contributed by atoms with Crippen molar-refractivity contribution >= 4 is 0 Å². The lowest BCUT2D eigenvalue weighted by Gasteiger charge is -2.36. The highest BCUT2D eigenvalue weighted by atomic mass is 14.4. The van der Waals surface area contributed by atoms with Crippen molar-refractivity contribution in [1.82, 2.24) is 0 Å². The van der Waals surface area contributed by atoms with Gasteiger partial charge in [0.05, 0.1) is 0 Å². The van der Waals surface area contributed by atoms with Crippen molar-refractivity contribution in [3.8, 4) is 22.3 Å². The second-order valence-corrected chi connectivity index (χ2v) is 8.28. The van der Waals surface area contributed by atoms with Gasteiger partial charge in [-0.05, 0) is 63.1 Å². The van der Waals surface area contributed by atoms with Crippen LogP contribution in [-0.2, 0) is 11.8 Å². The number of hydrogen-bond acceptors (Lipinski definition) is 0. The average Bonchev–Trinajstić information content (AvgIpc) is 2.75. The normalized spacial score (nSPS) is 14.2. The quantitative estimate of drug-likeness (QED) is 0.353. The summed E-state index contributed by atoms with van der Waals surface area (Å²) in [6.45, 7) is 4.74. The van der Waals surface area contributed by atoms with E-state index in [0.29, 0.717) is 0 Å². The average molecular weight is 361 g/mol. The van der Waals surface area contributed by atoms with Crippen LogP contribution < -0.4 is 0 Å². The van der Waals surface area contributed by atoms with E-state index in [9.17, 15) is 0 Å². The third-order valence-electron chi connectivity index (χ3n) is 6.16. The molecule has 0 radical (unpaired) electrons. The first kappa shape index (κ1) is 17.0. The molecule has 0 spiro atoms. The van der Waals surface area contributed by atoms with Crippen molar-refractivity contribution in [2.24, 2.45) is 0 Å². The van der Waals surface area contributed by atoms with Gasteiger partial charge in [-0.15, -0.1) is 0 Å². The summed E-state index contributed by atoms with van der Waals surface area (Å²) in [6, 6.07) is 35.4. The van der Waals surface area contributed by atoms with E-state index in [1.54, 1.807) is 0 Å². The number of benzene rings is 4. The SMILES string of the molecule is CC1(C)c2cc(-c3ccccc3)ccc2Cc2ccc(-c3ccccc3)cc21. The first-order chi connectivity index (χ1) is 13.6. The van der Waals surface area contributed by atoms with Crippen LogP contribution in [-0.4, -0.2) is 0 Å². The molecule has 0 unspecified atom stereocenters. The summed E-state index contributed by atoms with van der Waals surface area (Å²) in [5, 5.41) is 0. The largest absolute Gasteiger partial charge is 0.0622 e. The maximum absolute atomic E-state index is 2.41. The molecule has 5 rings (SSSR count). The van der Waals surface area contributed by atoms with Gasteiger partial charge in [-0.2, -0.15) is 0 Å². The van der Waals surface area contributed by atoms with Crippen LogP contribution in [0.1, 0.15) is 36.1 Å². The Morgan fingerprint density at radius 3 is 1.36 bits per heavy atom. The van der Waals surface area contributed by atoms with Crippen molar-refractivity contribution in [1.29, 1.82) is 0 Å². The highest BCUT2D eigenvalue weighted by Crippen LogP contribution is 2.43. The molecule has 0 fully saturated rings. The minimum absolute atomic E-state index is 0.0154. The fourth-order valence-electron chi connectivity index (χ4n) is 4.60. The Hall–Kier alpha value is -3.12. The van der Waals surface area contributed by atoms with Crippen LogP contribution in [0.15, 0.2) is 97.1 Å². The van der Waals surface area contributed by atoms with E-state index in [0.717, 1.165) is 6.42 Å². The molecule has 0 saturated carbocycles. The van der Waals surface area contributed by atoms with E-state index in [-0.39, 0.29) is 5.41 Å². The van der Waals surface area contributed by atoms with Crippen LogP contribution in [0.2, 0.25) is 0 Å². The van der Waals surface area contributed by atoms with Crippen LogP contribution in [0, 0.1) is 0 Å². The molecule has 4 aromatic rings. The molecule has 0 saturated heterocycles. The summed E-state index contributed by atoms with van der Waals surface area (Å²) in [5.41, 5.74) is 10.9. The Morgan fingerprint density at radius 2 is 0.929 bits per heavy atom. The zero-order valence-electron chi connectivity index (χ0n) is 16.4. The number of fused-ring (bicyclic) bond motifs is 2. The Bertz CT molecular complexity index is 1040. The lowest BCUT2D eigenvalue weighted by atomic mass is 9.68.